The summed E-state index contributed by atoms with van der Waals surface area (Å²) in [5.74, 6) is -0.935. The molecule has 7 nitrogen and oxygen atoms in total. The number of carbonyl (C=O) groups is 2. The smallest absolute Gasteiger partial charge is 0.404 e. The Morgan fingerprint density at radius 1 is 1.59 bits per heavy atom. The fourth-order valence-corrected chi connectivity index (χ4v) is 0.357. The van der Waals surface area contributed by atoms with Crippen LogP contribution in [0.5, 0.6) is 0 Å². The maximum atomic E-state index is 9.60. The molecule has 0 aliphatic heterocycles. The van der Waals surface area contributed by atoms with Crippen molar-refractivity contribution in [3.8, 4) is 0 Å². The SMILES string of the molecule is C=C(C)C(=O)O.CCOC(N)=O.c1c[nH]cn1. The molecular formula is C10H17N3O4. The van der Waals surface area contributed by atoms with Gasteiger partial charge in [-0.2, -0.15) is 0 Å². The molecule has 0 radical (unpaired) electrons. The maximum absolute atomic E-state index is 9.60. The molecule has 0 atom stereocenters. The molecule has 0 saturated carbocycles. The number of carboxylic acids is 1. The van der Waals surface area contributed by atoms with Crippen LogP contribution in [-0.2, 0) is 9.53 Å². The number of nitrogens with one attached hydrogen (secondary N) is 1. The number of ether oxygens (including phenoxy) is 1. The van der Waals surface area contributed by atoms with E-state index in [1.807, 2.05) is 0 Å². The van der Waals surface area contributed by atoms with E-state index in [0.717, 1.165) is 0 Å². The zero-order chi connectivity index (χ0) is 13.7. The number of amides is 1. The number of primary amides is 1. The van der Waals surface area contributed by atoms with E-state index in [9.17, 15) is 9.59 Å². The molecule has 0 aliphatic carbocycles. The third-order valence-electron chi connectivity index (χ3n) is 1.06. The van der Waals surface area contributed by atoms with E-state index < -0.39 is 12.1 Å². The van der Waals surface area contributed by atoms with Gasteiger partial charge in [0.05, 0.1) is 12.9 Å². The molecule has 7 heteroatoms. The van der Waals surface area contributed by atoms with Crippen LogP contribution < -0.4 is 5.73 Å². The minimum absolute atomic E-state index is 0.176. The first-order valence-electron chi connectivity index (χ1n) is 4.65. The predicted octanol–water partition coefficient (Wildman–Crippen LogP) is 1.16. The Labute approximate surface area is 99.3 Å². The summed E-state index contributed by atoms with van der Waals surface area (Å²) in [7, 11) is 0. The van der Waals surface area contributed by atoms with Gasteiger partial charge >= 0.3 is 12.1 Å². The van der Waals surface area contributed by atoms with E-state index in [2.05, 4.69) is 27.0 Å². The van der Waals surface area contributed by atoms with Gasteiger partial charge in [-0.1, -0.05) is 6.58 Å². The Kier molecular flexibility index (Phi) is 11.8. The summed E-state index contributed by atoms with van der Waals surface area (Å²) in [6.45, 7) is 6.66. The van der Waals surface area contributed by atoms with E-state index in [0.29, 0.717) is 6.61 Å². The van der Waals surface area contributed by atoms with E-state index >= 15 is 0 Å². The van der Waals surface area contributed by atoms with Crippen molar-refractivity contribution in [2.75, 3.05) is 6.61 Å². The number of hydrogen-bond donors (Lipinski definition) is 3. The van der Waals surface area contributed by atoms with Gasteiger partial charge in [0.15, 0.2) is 0 Å². The van der Waals surface area contributed by atoms with Crippen LogP contribution in [0.1, 0.15) is 13.8 Å². The molecular weight excluding hydrogens is 226 g/mol. The molecule has 0 bridgehead atoms. The van der Waals surface area contributed by atoms with Crippen LogP contribution in [0.2, 0.25) is 0 Å². The van der Waals surface area contributed by atoms with Gasteiger partial charge in [-0.15, -0.1) is 0 Å². The summed E-state index contributed by atoms with van der Waals surface area (Å²) in [5, 5.41) is 7.89. The van der Waals surface area contributed by atoms with E-state index in [-0.39, 0.29) is 5.57 Å². The van der Waals surface area contributed by atoms with E-state index in [4.69, 9.17) is 5.11 Å². The Balaban J connectivity index is 0. The second-order valence-electron chi connectivity index (χ2n) is 2.60. The van der Waals surface area contributed by atoms with Gasteiger partial charge in [0.2, 0.25) is 0 Å². The van der Waals surface area contributed by atoms with E-state index in [1.165, 1.54) is 6.92 Å². The first-order valence-corrected chi connectivity index (χ1v) is 4.65. The van der Waals surface area contributed by atoms with Crippen molar-refractivity contribution in [1.82, 2.24) is 9.97 Å². The Morgan fingerprint density at radius 3 is 2.18 bits per heavy atom. The maximum Gasteiger partial charge on any atom is 0.404 e. The highest BCUT2D eigenvalue weighted by atomic mass is 16.5. The predicted molar refractivity (Wildman–Crippen MR) is 62.2 cm³/mol. The minimum Gasteiger partial charge on any atom is -0.478 e. The zero-order valence-electron chi connectivity index (χ0n) is 9.84. The molecule has 1 amide bonds. The monoisotopic (exact) mass is 243 g/mol. The molecule has 1 aromatic rings. The molecule has 0 saturated heterocycles. The van der Waals surface area contributed by atoms with Crippen molar-refractivity contribution in [2.45, 2.75) is 13.8 Å². The summed E-state index contributed by atoms with van der Waals surface area (Å²) in [6, 6.07) is 0. The Bertz CT molecular complexity index is 293. The number of aromatic nitrogens is 2. The highest BCUT2D eigenvalue weighted by Gasteiger charge is 1.90. The summed E-state index contributed by atoms with van der Waals surface area (Å²) in [4.78, 5) is 25.6. The number of rotatable bonds is 2. The number of H-pyrrole nitrogens is 1. The minimum atomic E-state index is -0.935. The molecule has 1 rings (SSSR count). The lowest BCUT2D eigenvalue weighted by atomic mass is 10.4. The van der Waals surface area contributed by atoms with Crippen molar-refractivity contribution in [1.29, 1.82) is 0 Å². The molecule has 0 aromatic carbocycles. The Morgan fingerprint density at radius 2 is 2.12 bits per heavy atom. The molecule has 96 valence electrons. The van der Waals surface area contributed by atoms with Gasteiger partial charge in [0.25, 0.3) is 0 Å². The fraction of sp³-hybridized carbons (Fsp3) is 0.300. The molecule has 0 unspecified atom stereocenters. The number of nitrogens with two attached hydrogens (primary N) is 1. The summed E-state index contributed by atoms with van der Waals surface area (Å²) >= 11 is 0. The molecule has 17 heavy (non-hydrogen) atoms. The topological polar surface area (TPSA) is 118 Å². The van der Waals surface area contributed by atoms with Crippen LogP contribution in [0.4, 0.5) is 4.79 Å². The van der Waals surface area contributed by atoms with Gasteiger partial charge in [0, 0.05) is 18.0 Å². The normalized spacial score (nSPS) is 7.65. The quantitative estimate of drug-likeness (QED) is 0.673. The average molecular weight is 243 g/mol. The molecule has 0 fully saturated rings. The Hall–Kier alpha value is -2.31. The lowest BCUT2D eigenvalue weighted by Gasteiger charge is -1.89. The molecule has 0 aliphatic rings. The number of aromatic amines is 1. The number of aliphatic carboxylic acids is 1. The van der Waals surface area contributed by atoms with Crippen LogP contribution in [0, 0.1) is 0 Å². The average Bonchev–Trinajstić information content (AvgIpc) is 2.75. The molecule has 1 heterocycles. The first-order chi connectivity index (χ1) is 7.91. The molecule has 4 N–H and O–H groups in total. The highest BCUT2D eigenvalue weighted by molar-refractivity contribution is 5.84. The largest absolute Gasteiger partial charge is 0.478 e. The number of carbonyl (C=O) groups excluding carboxylic acids is 1. The third-order valence-corrected chi connectivity index (χ3v) is 1.06. The van der Waals surface area contributed by atoms with Gasteiger partial charge in [0.1, 0.15) is 0 Å². The van der Waals surface area contributed by atoms with Gasteiger partial charge in [-0.05, 0) is 13.8 Å². The molecule has 1 aromatic heterocycles. The number of carboxylic acid groups (broad SMARTS) is 1. The molecule has 0 spiro atoms. The standard InChI is InChI=1S/C4H6O2.C3H4N2.C3H7NO2/c1-3(2)4(5)6;1-2-5-3-4-1;1-2-6-3(4)5/h1H2,2H3,(H,5,6);1-3H,(H,4,5);2H2,1H3,(H2,4,5). The fourth-order valence-electron chi connectivity index (χ4n) is 0.357. The third kappa shape index (κ3) is 19.9. The van der Waals surface area contributed by atoms with Gasteiger partial charge in [-0.25, -0.2) is 14.6 Å². The summed E-state index contributed by atoms with van der Waals surface area (Å²) in [6.07, 6.45) is 4.37. The van der Waals surface area contributed by atoms with E-state index in [1.54, 1.807) is 25.6 Å². The summed E-state index contributed by atoms with van der Waals surface area (Å²) < 4.78 is 4.18. The van der Waals surface area contributed by atoms with Crippen LogP contribution >= 0.6 is 0 Å². The van der Waals surface area contributed by atoms with Crippen molar-refractivity contribution in [2.24, 2.45) is 5.73 Å². The van der Waals surface area contributed by atoms with Crippen LogP contribution in [0.25, 0.3) is 0 Å². The van der Waals surface area contributed by atoms with Gasteiger partial charge in [-0.3, -0.25) is 0 Å². The number of hydrogen-bond acceptors (Lipinski definition) is 4. The highest BCUT2D eigenvalue weighted by Crippen LogP contribution is 1.81. The van der Waals surface area contributed by atoms with Crippen molar-refractivity contribution in [3.05, 3.63) is 30.9 Å². The van der Waals surface area contributed by atoms with Crippen LogP contribution in [-0.4, -0.2) is 33.7 Å². The number of imidazole rings is 1. The lowest BCUT2D eigenvalue weighted by molar-refractivity contribution is -0.132. The second kappa shape index (κ2) is 11.8. The van der Waals surface area contributed by atoms with Gasteiger partial charge < -0.3 is 20.6 Å². The van der Waals surface area contributed by atoms with Crippen molar-refractivity contribution < 1.29 is 19.4 Å². The summed E-state index contributed by atoms with van der Waals surface area (Å²) in [5.41, 5.74) is 4.72. The first kappa shape index (κ1) is 17.1. The van der Waals surface area contributed by atoms with Crippen molar-refractivity contribution >= 4 is 12.1 Å². The zero-order valence-corrected chi connectivity index (χ0v) is 9.84. The van der Waals surface area contributed by atoms with Crippen molar-refractivity contribution in [3.63, 3.8) is 0 Å². The lowest BCUT2D eigenvalue weighted by Crippen LogP contribution is -2.11. The van der Waals surface area contributed by atoms with Crippen LogP contribution in [0.15, 0.2) is 30.9 Å². The van der Waals surface area contributed by atoms with Crippen LogP contribution in [0.3, 0.4) is 0 Å². The number of nitrogens with zero attached hydrogens (tertiary/aromatic N) is 1. The second-order valence-corrected chi connectivity index (χ2v) is 2.60.